The van der Waals surface area contributed by atoms with Gasteiger partial charge < -0.3 is 9.42 Å². The van der Waals surface area contributed by atoms with Gasteiger partial charge in [0.25, 0.3) is 5.91 Å². The lowest BCUT2D eigenvalue weighted by molar-refractivity contribution is 0.0781. The van der Waals surface area contributed by atoms with Gasteiger partial charge in [-0.05, 0) is 31.5 Å². The predicted octanol–water partition coefficient (Wildman–Crippen LogP) is 3.60. The van der Waals surface area contributed by atoms with E-state index in [-0.39, 0.29) is 16.9 Å². The Morgan fingerprint density at radius 2 is 2.00 bits per heavy atom. The van der Waals surface area contributed by atoms with E-state index in [9.17, 15) is 9.18 Å². The molecule has 0 unspecified atom stereocenters. The van der Waals surface area contributed by atoms with Crippen LogP contribution in [0.25, 0.3) is 0 Å². The summed E-state index contributed by atoms with van der Waals surface area (Å²) < 4.78 is 19.6. The molecule has 2 heterocycles. The Labute approximate surface area is 155 Å². The second-order valence-electron chi connectivity index (χ2n) is 6.13. The molecule has 0 radical (unpaired) electrons. The summed E-state index contributed by atoms with van der Waals surface area (Å²) in [4.78, 5) is 14.3. The molecule has 3 aromatic rings. The van der Waals surface area contributed by atoms with E-state index in [0.29, 0.717) is 35.8 Å². The molecular weight excluding hydrogens is 359 g/mol. The van der Waals surface area contributed by atoms with Crippen LogP contribution in [0.1, 0.15) is 33.1 Å². The van der Waals surface area contributed by atoms with Crippen LogP contribution in [0.4, 0.5) is 4.39 Å². The molecule has 0 N–H and O–H groups in total. The van der Waals surface area contributed by atoms with Gasteiger partial charge in [0.05, 0.1) is 24.3 Å². The van der Waals surface area contributed by atoms with Gasteiger partial charge in [-0.25, -0.2) is 9.07 Å². The highest BCUT2D eigenvalue weighted by atomic mass is 35.5. The average molecular weight is 377 g/mol. The Morgan fingerprint density at radius 1 is 1.31 bits per heavy atom. The van der Waals surface area contributed by atoms with Gasteiger partial charge in [-0.3, -0.25) is 4.79 Å². The van der Waals surface area contributed by atoms with Crippen molar-refractivity contribution in [2.45, 2.75) is 26.9 Å². The first-order chi connectivity index (χ1) is 12.3. The van der Waals surface area contributed by atoms with Crippen LogP contribution in [0, 0.1) is 19.7 Å². The highest BCUT2D eigenvalue weighted by Gasteiger charge is 2.24. The Morgan fingerprint density at radius 3 is 2.62 bits per heavy atom. The van der Waals surface area contributed by atoms with Gasteiger partial charge in [0, 0.05) is 13.1 Å². The zero-order chi connectivity index (χ0) is 18.8. The minimum atomic E-state index is -0.308. The molecule has 0 atom stereocenters. The van der Waals surface area contributed by atoms with Crippen LogP contribution in [-0.2, 0) is 13.1 Å². The van der Waals surface area contributed by atoms with Crippen molar-refractivity contribution in [1.29, 1.82) is 0 Å². The third kappa shape index (κ3) is 3.77. The van der Waals surface area contributed by atoms with E-state index in [0.717, 1.165) is 5.56 Å². The zero-order valence-electron chi connectivity index (χ0n) is 14.7. The second-order valence-corrected chi connectivity index (χ2v) is 6.48. The van der Waals surface area contributed by atoms with Crippen molar-refractivity contribution in [3.8, 4) is 0 Å². The molecule has 0 aliphatic rings. The molecule has 0 bridgehead atoms. The van der Waals surface area contributed by atoms with E-state index in [4.69, 9.17) is 16.1 Å². The van der Waals surface area contributed by atoms with Crippen LogP contribution in [0.3, 0.4) is 0 Å². The molecule has 0 saturated heterocycles. The predicted molar refractivity (Wildman–Crippen MR) is 94.5 cm³/mol. The maximum atomic E-state index is 13.0. The number of halogens is 2. The molecule has 8 heteroatoms. The smallest absolute Gasteiger partial charge is 0.258 e. The first-order valence-corrected chi connectivity index (χ1v) is 8.38. The van der Waals surface area contributed by atoms with Crippen LogP contribution in [0.2, 0.25) is 5.15 Å². The minimum Gasteiger partial charge on any atom is -0.361 e. The van der Waals surface area contributed by atoms with E-state index in [1.807, 2.05) is 0 Å². The van der Waals surface area contributed by atoms with E-state index >= 15 is 0 Å². The highest BCUT2D eigenvalue weighted by molar-refractivity contribution is 6.33. The second kappa shape index (κ2) is 7.29. The van der Waals surface area contributed by atoms with Gasteiger partial charge in [-0.1, -0.05) is 28.9 Å². The lowest BCUT2D eigenvalue weighted by atomic mass is 10.2. The number of hydrogen-bond acceptors (Lipinski definition) is 4. The summed E-state index contributed by atoms with van der Waals surface area (Å²) in [6.07, 6.45) is 0. The van der Waals surface area contributed by atoms with Gasteiger partial charge in [0.2, 0.25) is 0 Å². The van der Waals surface area contributed by atoms with Crippen molar-refractivity contribution in [1.82, 2.24) is 19.8 Å². The van der Waals surface area contributed by atoms with E-state index in [1.54, 1.807) is 39.1 Å². The van der Waals surface area contributed by atoms with Crippen molar-refractivity contribution in [2.24, 2.45) is 0 Å². The first-order valence-electron chi connectivity index (χ1n) is 8.00. The zero-order valence-corrected chi connectivity index (χ0v) is 15.4. The van der Waals surface area contributed by atoms with E-state index in [1.165, 1.54) is 21.7 Å². The number of benzene rings is 1. The van der Waals surface area contributed by atoms with Gasteiger partial charge in [0.15, 0.2) is 0 Å². The number of hydrogen-bond donors (Lipinski definition) is 0. The monoisotopic (exact) mass is 376 g/mol. The van der Waals surface area contributed by atoms with Crippen LogP contribution in [0.5, 0.6) is 0 Å². The third-order valence-electron chi connectivity index (χ3n) is 3.95. The molecule has 6 nitrogen and oxygen atoms in total. The molecule has 0 fully saturated rings. The number of aryl methyl sites for hydroxylation is 2. The van der Waals surface area contributed by atoms with Crippen LogP contribution in [0.15, 0.2) is 34.9 Å². The molecule has 136 valence electrons. The number of aromatic nitrogens is 3. The standard InChI is InChI=1S/C18H18ClFN4O2/c1-11-8-15(22-26-11)10-23(3)18(25)16-12(2)21-24(17(16)19)9-13-4-6-14(20)7-5-13/h4-8H,9-10H2,1-3H3. The number of amides is 1. The fourth-order valence-electron chi connectivity index (χ4n) is 2.66. The van der Waals surface area contributed by atoms with Crippen molar-refractivity contribution in [3.63, 3.8) is 0 Å². The van der Waals surface area contributed by atoms with Crippen molar-refractivity contribution >= 4 is 17.5 Å². The number of rotatable bonds is 5. The normalized spacial score (nSPS) is 11.0. The molecule has 0 saturated carbocycles. The van der Waals surface area contributed by atoms with Crippen molar-refractivity contribution < 1.29 is 13.7 Å². The Bertz CT molecular complexity index is 933. The molecule has 2 aromatic heterocycles. The first kappa shape index (κ1) is 18.1. The van der Waals surface area contributed by atoms with Gasteiger partial charge in [-0.15, -0.1) is 0 Å². The summed E-state index contributed by atoms with van der Waals surface area (Å²) in [6, 6.07) is 7.83. The molecule has 1 aromatic carbocycles. The summed E-state index contributed by atoms with van der Waals surface area (Å²) in [7, 11) is 1.67. The van der Waals surface area contributed by atoms with E-state index in [2.05, 4.69) is 10.3 Å². The summed E-state index contributed by atoms with van der Waals surface area (Å²) in [5.74, 6) is 0.123. The largest absolute Gasteiger partial charge is 0.361 e. The Kier molecular flexibility index (Phi) is 5.08. The summed E-state index contributed by atoms with van der Waals surface area (Å²) in [6.45, 7) is 4.17. The van der Waals surface area contributed by atoms with Crippen LogP contribution < -0.4 is 0 Å². The molecule has 0 spiro atoms. The van der Waals surface area contributed by atoms with Crippen molar-refractivity contribution in [3.05, 3.63) is 69.6 Å². The number of carbonyl (C=O) groups is 1. The van der Waals surface area contributed by atoms with Gasteiger partial charge >= 0.3 is 0 Å². The fraction of sp³-hybridized carbons (Fsp3) is 0.278. The van der Waals surface area contributed by atoms with Gasteiger partial charge in [-0.2, -0.15) is 5.10 Å². The lowest BCUT2D eigenvalue weighted by Gasteiger charge is -2.15. The molecular formula is C18H18ClFN4O2. The highest BCUT2D eigenvalue weighted by Crippen LogP contribution is 2.23. The average Bonchev–Trinajstić information content (AvgIpc) is 3.12. The summed E-state index contributed by atoms with van der Waals surface area (Å²) in [5, 5.41) is 8.49. The summed E-state index contributed by atoms with van der Waals surface area (Å²) >= 11 is 6.40. The maximum Gasteiger partial charge on any atom is 0.258 e. The third-order valence-corrected chi connectivity index (χ3v) is 4.33. The van der Waals surface area contributed by atoms with Crippen molar-refractivity contribution in [2.75, 3.05) is 7.05 Å². The Balaban J connectivity index is 1.80. The van der Waals surface area contributed by atoms with Crippen LogP contribution >= 0.6 is 11.6 Å². The SMILES string of the molecule is Cc1cc(CN(C)C(=O)c2c(C)nn(Cc3ccc(F)cc3)c2Cl)no1. The number of nitrogens with zero attached hydrogens (tertiary/aromatic N) is 4. The fourth-order valence-corrected chi connectivity index (χ4v) is 2.98. The summed E-state index contributed by atoms with van der Waals surface area (Å²) in [5.41, 5.74) is 2.37. The van der Waals surface area contributed by atoms with Crippen LogP contribution in [-0.4, -0.2) is 32.8 Å². The number of carbonyl (C=O) groups excluding carboxylic acids is 1. The van der Waals surface area contributed by atoms with E-state index < -0.39 is 0 Å². The lowest BCUT2D eigenvalue weighted by Crippen LogP contribution is -2.27. The maximum absolute atomic E-state index is 13.0. The van der Waals surface area contributed by atoms with Gasteiger partial charge in [0.1, 0.15) is 22.4 Å². The Hall–Kier alpha value is -2.67. The topological polar surface area (TPSA) is 64.2 Å². The molecule has 1 amide bonds. The molecule has 0 aliphatic heterocycles. The minimum absolute atomic E-state index is 0.250. The molecule has 26 heavy (non-hydrogen) atoms. The molecule has 3 rings (SSSR count). The molecule has 0 aliphatic carbocycles. The quantitative estimate of drug-likeness (QED) is 0.682.